The molecule has 144 valence electrons. The van der Waals surface area contributed by atoms with Crippen LogP contribution in [0.2, 0.25) is 5.02 Å². The predicted molar refractivity (Wildman–Crippen MR) is 108 cm³/mol. The monoisotopic (exact) mass is 425 g/mol. The van der Waals surface area contributed by atoms with Crippen LogP contribution in [0.5, 0.6) is 0 Å². The van der Waals surface area contributed by atoms with Crippen LogP contribution in [0.4, 0.5) is 5.00 Å². The third kappa shape index (κ3) is 4.44. The molecule has 0 radical (unpaired) electrons. The molecule has 1 aliphatic rings. The Morgan fingerprint density at radius 1 is 1.33 bits per heavy atom. The van der Waals surface area contributed by atoms with Gasteiger partial charge in [-0.05, 0) is 31.2 Å². The lowest BCUT2D eigenvalue weighted by atomic mass is 9.95. The molecule has 0 fully saturated rings. The maximum Gasteiger partial charge on any atom is 0.341 e. The van der Waals surface area contributed by atoms with Crippen LogP contribution in [0.25, 0.3) is 0 Å². The molecule has 3 rings (SSSR count). The molecule has 27 heavy (non-hydrogen) atoms. The molecule has 0 saturated heterocycles. The molecule has 1 amide bonds. The normalized spacial score (nSPS) is 13.4. The first kappa shape index (κ1) is 20.1. The summed E-state index contributed by atoms with van der Waals surface area (Å²) in [5.74, 6) is -0.897. The Hall–Kier alpha value is -1.64. The van der Waals surface area contributed by atoms with Gasteiger partial charge in [-0.3, -0.25) is 4.79 Å². The van der Waals surface area contributed by atoms with E-state index in [0.29, 0.717) is 15.7 Å². The molecular weight excluding hydrogens is 406 g/mol. The molecule has 0 aromatic carbocycles. The highest BCUT2D eigenvalue weighted by atomic mass is 35.5. The van der Waals surface area contributed by atoms with Crippen molar-refractivity contribution in [1.82, 2.24) is 9.97 Å². The maximum atomic E-state index is 12.8. The second-order valence-electron chi connectivity index (χ2n) is 6.38. The second kappa shape index (κ2) is 8.58. The van der Waals surface area contributed by atoms with Crippen LogP contribution < -0.4 is 5.32 Å². The van der Waals surface area contributed by atoms with Gasteiger partial charge in [-0.1, -0.05) is 37.2 Å². The number of amides is 1. The van der Waals surface area contributed by atoms with Gasteiger partial charge < -0.3 is 10.1 Å². The van der Waals surface area contributed by atoms with Crippen molar-refractivity contribution in [3.8, 4) is 0 Å². The van der Waals surface area contributed by atoms with Crippen LogP contribution in [0, 0.1) is 0 Å². The number of aromatic nitrogens is 2. The number of methoxy groups -OCH3 is 1. The van der Waals surface area contributed by atoms with Gasteiger partial charge in [0, 0.05) is 10.1 Å². The number of ether oxygens (including phenoxy) is 1. The number of nitrogens with zero attached hydrogens (tertiary/aromatic N) is 2. The van der Waals surface area contributed by atoms with E-state index in [-0.39, 0.29) is 16.0 Å². The number of fused-ring (bicyclic) bond motifs is 1. The van der Waals surface area contributed by atoms with Crippen LogP contribution in [0.3, 0.4) is 0 Å². The Morgan fingerprint density at radius 3 is 2.78 bits per heavy atom. The highest BCUT2D eigenvalue weighted by Gasteiger charge is 2.28. The lowest BCUT2D eigenvalue weighted by molar-refractivity contribution is 0.0601. The first-order chi connectivity index (χ1) is 12.9. The van der Waals surface area contributed by atoms with E-state index >= 15 is 0 Å². The number of carbonyl (C=O) groups is 2. The van der Waals surface area contributed by atoms with Gasteiger partial charge in [0.1, 0.15) is 5.00 Å². The maximum absolute atomic E-state index is 12.8. The summed E-state index contributed by atoms with van der Waals surface area (Å²) in [5.41, 5.74) is 1.53. The Balaban J connectivity index is 1.92. The van der Waals surface area contributed by atoms with E-state index < -0.39 is 11.9 Å². The fourth-order valence-electron chi connectivity index (χ4n) is 2.91. The molecule has 1 aliphatic carbocycles. The molecule has 9 heteroatoms. The molecule has 0 saturated carbocycles. The van der Waals surface area contributed by atoms with Gasteiger partial charge in [0.15, 0.2) is 10.9 Å². The largest absolute Gasteiger partial charge is 0.465 e. The minimum absolute atomic E-state index is 0.0944. The van der Waals surface area contributed by atoms with Gasteiger partial charge in [0.05, 0.1) is 23.9 Å². The molecule has 2 heterocycles. The lowest BCUT2D eigenvalue weighted by Crippen LogP contribution is -2.17. The molecule has 1 N–H and O–H groups in total. The van der Waals surface area contributed by atoms with Gasteiger partial charge in [0.25, 0.3) is 5.91 Å². The highest BCUT2D eigenvalue weighted by Crippen LogP contribution is 2.39. The van der Waals surface area contributed by atoms with Crippen LogP contribution in [-0.4, -0.2) is 34.2 Å². The van der Waals surface area contributed by atoms with E-state index in [0.717, 1.165) is 36.1 Å². The quantitative estimate of drug-likeness (QED) is 0.428. The van der Waals surface area contributed by atoms with Crippen LogP contribution in [0.15, 0.2) is 11.4 Å². The second-order valence-corrected chi connectivity index (χ2v) is 9.43. The fraction of sp³-hybridized carbons (Fsp3) is 0.444. The summed E-state index contributed by atoms with van der Waals surface area (Å²) in [6.07, 6.45) is 5.25. The highest BCUT2D eigenvalue weighted by molar-refractivity contribution is 7.99. The molecule has 0 atom stereocenters. The number of thiophene rings is 1. The van der Waals surface area contributed by atoms with Crippen molar-refractivity contribution in [3.05, 3.63) is 32.9 Å². The first-order valence-electron chi connectivity index (χ1n) is 8.64. The summed E-state index contributed by atoms with van der Waals surface area (Å²) < 4.78 is 4.94. The standard InChI is InChI=1S/C18H20ClN3O3S2/c1-9(2)26-18-20-8-11(19)14(21-18)15(23)22-16-13(17(24)25-3)10-6-4-5-7-12(10)27-16/h8-9H,4-7H2,1-3H3,(H,22,23). The minimum Gasteiger partial charge on any atom is -0.465 e. The van der Waals surface area contributed by atoms with E-state index in [9.17, 15) is 9.59 Å². The van der Waals surface area contributed by atoms with E-state index in [1.165, 1.54) is 36.4 Å². The van der Waals surface area contributed by atoms with Gasteiger partial charge in [-0.25, -0.2) is 14.8 Å². The van der Waals surface area contributed by atoms with Gasteiger partial charge >= 0.3 is 5.97 Å². The first-order valence-corrected chi connectivity index (χ1v) is 10.7. The summed E-state index contributed by atoms with van der Waals surface area (Å²) >= 11 is 9.01. The van der Waals surface area contributed by atoms with Crippen molar-refractivity contribution in [2.24, 2.45) is 0 Å². The smallest absolute Gasteiger partial charge is 0.341 e. The van der Waals surface area contributed by atoms with Gasteiger partial charge in [-0.2, -0.15) is 0 Å². The van der Waals surface area contributed by atoms with E-state index in [1.54, 1.807) is 0 Å². The fourth-order valence-corrected chi connectivity index (χ4v) is 5.04. The average molecular weight is 426 g/mol. The summed E-state index contributed by atoms with van der Waals surface area (Å²) in [4.78, 5) is 34.7. The zero-order valence-corrected chi connectivity index (χ0v) is 17.7. The van der Waals surface area contributed by atoms with Gasteiger partial charge in [-0.15, -0.1) is 11.3 Å². The SMILES string of the molecule is COC(=O)c1c(NC(=O)c2nc(SC(C)C)ncc2Cl)sc2c1CCCC2. The van der Waals surface area contributed by atoms with E-state index in [4.69, 9.17) is 16.3 Å². The number of esters is 1. The lowest BCUT2D eigenvalue weighted by Gasteiger charge is -2.12. The van der Waals surface area contributed by atoms with Crippen molar-refractivity contribution >= 4 is 51.6 Å². The van der Waals surface area contributed by atoms with Crippen molar-refractivity contribution in [2.45, 2.75) is 49.9 Å². The molecule has 6 nitrogen and oxygen atoms in total. The summed E-state index contributed by atoms with van der Waals surface area (Å²) in [6.45, 7) is 4.03. The summed E-state index contributed by atoms with van der Waals surface area (Å²) in [5, 5.41) is 4.24. The predicted octanol–water partition coefficient (Wildman–Crippen LogP) is 4.61. The number of halogens is 1. The number of nitrogens with one attached hydrogen (secondary N) is 1. The van der Waals surface area contributed by atoms with Crippen molar-refractivity contribution in [1.29, 1.82) is 0 Å². The number of anilines is 1. The Kier molecular flexibility index (Phi) is 6.39. The third-order valence-electron chi connectivity index (χ3n) is 4.07. The Morgan fingerprint density at radius 2 is 2.07 bits per heavy atom. The average Bonchev–Trinajstić information content (AvgIpc) is 3.00. The zero-order chi connectivity index (χ0) is 19.6. The topological polar surface area (TPSA) is 81.2 Å². The Labute approximate surface area is 171 Å². The molecular formula is C18H20ClN3O3S2. The number of thioether (sulfide) groups is 1. The molecule has 0 unspecified atom stereocenters. The Bertz CT molecular complexity index is 883. The number of rotatable bonds is 5. The number of hydrogen-bond acceptors (Lipinski definition) is 7. The van der Waals surface area contributed by atoms with E-state index in [2.05, 4.69) is 15.3 Å². The van der Waals surface area contributed by atoms with Gasteiger partial charge in [0.2, 0.25) is 0 Å². The number of hydrogen-bond donors (Lipinski definition) is 1. The molecule has 0 bridgehead atoms. The summed E-state index contributed by atoms with van der Waals surface area (Å²) in [7, 11) is 1.34. The third-order valence-corrected chi connectivity index (χ3v) is 6.43. The minimum atomic E-state index is -0.461. The molecule has 2 aromatic rings. The van der Waals surface area contributed by atoms with E-state index in [1.807, 2.05) is 13.8 Å². The molecule has 0 aliphatic heterocycles. The van der Waals surface area contributed by atoms with Crippen molar-refractivity contribution in [2.75, 3.05) is 12.4 Å². The summed E-state index contributed by atoms with van der Waals surface area (Å²) in [6, 6.07) is 0. The number of carbonyl (C=O) groups excluding carboxylic acids is 2. The van der Waals surface area contributed by atoms with Crippen LogP contribution in [0.1, 0.15) is 58.0 Å². The van der Waals surface area contributed by atoms with Crippen molar-refractivity contribution in [3.63, 3.8) is 0 Å². The van der Waals surface area contributed by atoms with Crippen LogP contribution in [-0.2, 0) is 17.6 Å². The molecule has 2 aromatic heterocycles. The van der Waals surface area contributed by atoms with Crippen molar-refractivity contribution < 1.29 is 14.3 Å². The zero-order valence-electron chi connectivity index (χ0n) is 15.3. The van der Waals surface area contributed by atoms with Crippen LogP contribution >= 0.6 is 34.7 Å². The number of aryl methyl sites for hydroxylation is 1. The molecule has 0 spiro atoms.